The minimum absolute atomic E-state index is 0.132. The Morgan fingerprint density at radius 1 is 1.10 bits per heavy atom. The summed E-state index contributed by atoms with van der Waals surface area (Å²) >= 11 is 0. The van der Waals surface area contributed by atoms with E-state index in [0.29, 0.717) is 14.8 Å². The average Bonchev–Trinajstić information content (AvgIpc) is 3.13. The van der Waals surface area contributed by atoms with Gasteiger partial charge in [-0.25, -0.2) is 8.42 Å². The lowest BCUT2D eigenvalue weighted by Crippen LogP contribution is -2.44. The smallest absolute Gasteiger partial charge is 0.406 e. The Labute approximate surface area is 165 Å². The van der Waals surface area contributed by atoms with Crippen LogP contribution in [0.4, 0.5) is 13.2 Å². The van der Waals surface area contributed by atoms with Gasteiger partial charge in [-0.2, -0.15) is 17.5 Å². The number of carbonyl (C=O) groups is 2. The Morgan fingerprint density at radius 3 is 2.21 bits per heavy atom. The van der Waals surface area contributed by atoms with E-state index >= 15 is 0 Å². The molecule has 158 valence electrons. The van der Waals surface area contributed by atoms with Crippen LogP contribution >= 0.6 is 0 Å². The molecule has 0 bridgehead atoms. The normalized spacial score (nSPS) is 12.2. The van der Waals surface area contributed by atoms with Crippen molar-refractivity contribution in [1.29, 1.82) is 0 Å². The highest BCUT2D eigenvalue weighted by atomic mass is 32.2. The Bertz CT molecular complexity index is 954. The Balaban J connectivity index is 2.17. The molecule has 29 heavy (non-hydrogen) atoms. The van der Waals surface area contributed by atoms with Crippen LogP contribution in [0.25, 0.3) is 0 Å². The quantitative estimate of drug-likeness (QED) is 0.599. The summed E-state index contributed by atoms with van der Waals surface area (Å²) in [5, 5.41) is 0. The number of carbonyl (C=O) groups excluding carboxylic acids is 2. The fraction of sp³-hybridized carbons (Fsp3) is 0.333. The van der Waals surface area contributed by atoms with Crippen LogP contribution in [0, 0.1) is 0 Å². The predicted molar refractivity (Wildman–Crippen MR) is 96.4 cm³/mol. The van der Waals surface area contributed by atoms with Crippen molar-refractivity contribution in [3.05, 3.63) is 54.0 Å². The summed E-state index contributed by atoms with van der Waals surface area (Å²) in [6.45, 7) is -1.48. The largest absolute Gasteiger partial charge is 0.467 e. The molecule has 0 atom stereocenters. The van der Waals surface area contributed by atoms with Gasteiger partial charge < -0.3 is 9.32 Å². The number of Topliss-reactive ketones (excluding diaryl/α,β-unsaturated/α-hetero) is 1. The fourth-order valence-corrected chi connectivity index (χ4v) is 3.58. The molecule has 1 heterocycles. The molecule has 0 fully saturated rings. The van der Waals surface area contributed by atoms with Gasteiger partial charge in [0.15, 0.2) is 5.78 Å². The number of hydrogen-bond acceptors (Lipinski definition) is 5. The van der Waals surface area contributed by atoms with E-state index in [-0.39, 0.29) is 16.4 Å². The Hall–Kier alpha value is -2.66. The van der Waals surface area contributed by atoms with Gasteiger partial charge in [0.25, 0.3) is 0 Å². The molecule has 2 aromatic rings. The molecule has 0 saturated heterocycles. The van der Waals surface area contributed by atoms with Gasteiger partial charge in [0.05, 0.1) is 24.2 Å². The molecule has 7 nitrogen and oxygen atoms in total. The fourth-order valence-electron chi connectivity index (χ4n) is 2.46. The van der Waals surface area contributed by atoms with Crippen molar-refractivity contribution < 1.29 is 35.6 Å². The van der Waals surface area contributed by atoms with E-state index in [1.807, 2.05) is 0 Å². The molecule has 0 aliphatic heterocycles. The maximum absolute atomic E-state index is 12.9. The van der Waals surface area contributed by atoms with Gasteiger partial charge in [-0.15, -0.1) is 0 Å². The van der Waals surface area contributed by atoms with Crippen molar-refractivity contribution in [2.45, 2.75) is 24.5 Å². The lowest BCUT2D eigenvalue weighted by atomic mass is 10.2. The number of nitrogens with zero attached hydrogens (tertiary/aromatic N) is 2. The number of alkyl halides is 3. The molecule has 0 spiro atoms. The summed E-state index contributed by atoms with van der Waals surface area (Å²) in [7, 11) is -3.06. The average molecular weight is 432 g/mol. The van der Waals surface area contributed by atoms with Crippen molar-refractivity contribution in [1.82, 2.24) is 9.21 Å². The molecule has 0 N–H and O–H groups in total. The molecule has 2 rings (SSSR count). The van der Waals surface area contributed by atoms with Gasteiger partial charge in [0.2, 0.25) is 15.9 Å². The summed E-state index contributed by atoms with van der Waals surface area (Å²) in [4.78, 5) is 24.0. The number of hydrogen-bond donors (Lipinski definition) is 0. The molecule has 0 aliphatic rings. The number of sulfonamides is 1. The van der Waals surface area contributed by atoms with E-state index in [2.05, 4.69) is 0 Å². The second kappa shape index (κ2) is 8.78. The number of halogens is 3. The first-order valence-corrected chi connectivity index (χ1v) is 9.78. The van der Waals surface area contributed by atoms with E-state index in [0.717, 1.165) is 7.05 Å². The summed E-state index contributed by atoms with van der Waals surface area (Å²) < 4.78 is 69.4. The second-order valence-electron chi connectivity index (χ2n) is 6.29. The van der Waals surface area contributed by atoms with Crippen molar-refractivity contribution in [3.8, 4) is 0 Å². The topological polar surface area (TPSA) is 87.9 Å². The maximum atomic E-state index is 12.9. The number of likely N-dealkylation sites (N-methyl/N-ethyl adjacent to an activating group) is 1. The minimum Gasteiger partial charge on any atom is -0.467 e. The molecule has 0 radical (unpaired) electrons. The van der Waals surface area contributed by atoms with Gasteiger partial charge in [0.1, 0.15) is 12.3 Å². The second-order valence-corrected chi connectivity index (χ2v) is 8.33. The zero-order chi connectivity index (χ0) is 21.8. The molecule has 11 heteroatoms. The molecular weight excluding hydrogens is 413 g/mol. The number of rotatable bonds is 8. The number of ketones is 1. The van der Waals surface area contributed by atoms with Crippen LogP contribution in [-0.2, 0) is 21.4 Å². The van der Waals surface area contributed by atoms with E-state index in [1.54, 1.807) is 0 Å². The standard InChI is InChI=1S/C18H19F3N2O5S/c1-13(24)14-5-7-16(8-6-14)29(26,27)22(2)11-17(25)23(12-18(19,20)21)10-15-4-3-9-28-15/h3-9H,10-12H2,1-2H3. The molecule has 1 aromatic carbocycles. The number of amides is 1. The molecule has 0 unspecified atom stereocenters. The Kier molecular flexibility index (Phi) is 6.85. The van der Waals surface area contributed by atoms with E-state index < -0.39 is 41.7 Å². The summed E-state index contributed by atoms with van der Waals surface area (Å²) in [5.74, 6) is -1.16. The first kappa shape index (κ1) is 22.6. The van der Waals surface area contributed by atoms with Gasteiger partial charge in [-0.1, -0.05) is 12.1 Å². The van der Waals surface area contributed by atoms with Gasteiger partial charge in [-0.3, -0.25) is 9.59 Å². The predicted octanol–water partition coefficient (Wildman–Crippen LogP) is 2.69. The van der Waals surface area contributed by atoms with Gasteiger partial charge in [-0.05, 0) is 31.2 Å². The summed E-state index contributed by atoms with van der Waals surface area (Å²) in [6.07, 6.45) is -3.41. The van der Waals surface area contributed by atoms with Crippen LogP contribution in [0.2, 0.25) is 0 Å². The third kappa shape index (κ3) is 6.16. The van der Waals surface area contributed by atoms with Gasteiger partial charge >= 0.3 is 6.18 Å². The van der Waals surface area contributed by atoms with Crippen molar-refractivity contribution in [2.24, 2.45) is 0 Å². The molecule has 1 aromatic heterocycles. The van der Waals surface area contributed by atoms with Crippen LogP contribution in [0.5, 0.6) is 0 Å². The molecular formula is C18H19F3N2O5S. The highest BCUT2D eigenvalue weighted by molar-refractivity contribution is 7.89. The Morgan fingerprint density at radius 2 is 1.72 bits per heavy atom. The minimum atomic E-state index is -4.66. The van der Waals surface area contributed by atoms with Crippen molar-refractivity contribution in [3.63, 3.8) is 0 Å². The van der Waals surface area contributed by atoms with Crippen LogP contribution in [0.15, 0.2) is 52.0 Å². The molecule has 0 saturated carbocycles. The lowest BCUT2D eigenvalue weighted by molar-refractivity contribution is -0.162. The SMILES string of the molecule is CC(=O)c1ccc(S(=O)(=O)N(C)CC(=O)N(Cc2ccco2)CC(F)(F)F)cc1. The third-order valence-corrected chi connectivity index (χ3v) is 5.79. The zero-order valence-electron chi connectivity index (χ0n) is 15.6. The third-order valence-electron chi connectivity index (χ3n) is 3.98. The van der Waals surface area contributed by atoms with E-state index in [9.17, 15) is 31.2 Å². The number of furan rings is 1. The summed E-state index contributed by atoms with van der Waals surface area (Å²) in [5.41, 5.74) is 0.303. The van der Waals surface area contributed by atoms with E-state index in [4.69, 9.17) is 4.42 Å². The monoisotopic (exact) mass is 432 g/mol. The maximum Gasteiger partial charge on any atom is 0.406 e. The van der Waals surface area contributed by atoms with Crippen molar-refractivity contribution in [2.75, 3.05) is 20.1 Å². The van der Waals surface area contributed by atoms with Crippen LogP contribution in [0.1, 0.15) is 23.0 Å². The lowest BCUT2D eigenvalue weighted by Gasteiger charge is -2.25. The first-order chi connectivity index (χ1) is 13.4. The number of benzene rings is 1. The molecule has 0 aliphatic carbocycles. The summed E-state index contributed by atoms with van der Waals surface area (Å²) in [6, 6.07) is 7.91. The highest BCUT2D eigenvalue weighted by Gasteiger charge is 2.34. The highest BCUT2D eigenvalue weighted by Crippen LogP contribution is 2.20. The molecule has 1 amide bonds. The first-order valence-electron chi connectivity index (χ1n) is 8.34. The zero-order valence-corrected chi connectivity index (χ0v) is 16.5. The van der Waals surface area contributed by atoms with Crippen molar-refractivity contribution >= 4 is 21.7 Å². The van der Waals surface area contributed by atoms with E-state index in [1.165, 1.54) is 49.6 Å². The van der Waals surface area contributed by atoms with Crippen LogP contribution in [-0.4, -0.2) is 55.6 Å². The van der Waals surface area contributed by atoms with Crippen LogP contribution < -0.4 is 0 Å². The van der Waals surface area contributed by atoms with Crippen LogP contribution in [0.3, 0.4) is 0 Å². The van der Waals surface area contributed by atoms with Gasteiger partial charge in [0, 0.05) is 12.6 Å².